The van der Waals surface area contributed by atoms with Gasteiger partial charge in [-0.2, -0.15) is 4.31 Å². The molecule has 0 spiro atoms. The van der Waals surface area contributed by atoms with E-state index in [1.165, 1.54) is 16.4 Å². The van der Waals surface area contributed by atoms with Crippen LogP contribution in [0, 0.1) is 0 Å². The third kappa shape index (κ3) is 2.83. The van der Waals surface area contributed by atoms with E-state index in [0.717, 1.165) is 0 Å². The number of nitrogens with zero attached hydrogens (tertiary/aromatic N) is 1. The number of ether oxygens (including phenoxy) is 1. The van der Waals surface area contributed by atoms with Crippen molar-refractivity contribution >= 4 is 38.9 Å². The Morgan fingerprint density at radius 1 is 1.37 bits per heavy atom. The predicted molar refractivity (Wildman–Crippen MR) is 75.0 cm³/mol. The zero-order chi connectivity index (χ0) is 14.2. The lowest BCUT2D eigenvalue weighted by Crippen LogP contribution is -2.47. The van der Waals surface area contributed by atoms with Gasteiger partial charge in [-0.15, -0.1) is 0 Å². The molecule has 0 aromatic heterocycles. The van der Waals surface area contributed by atoms with Crippen molar-refractivity contribution in [3.63, 3.8) is 0 Å². The first kappa shape index (κ1) is 14.9. The van der Waals surface area contributed by atoms with Gasteiger partial charge < -0.3 is 10.5 Å². The Morgan fingerprint density at radius 2 is 1.95 bits per heavy atom. The van der Waals surface area contributed by atoms with E-state index in [0.29, 0.717) is 18.9 Å². The summed E-state index contributed by atoms with van der Waals surface area (Å²) < 4.78 is 31.8. The molecule has 0 saturated carbocycles. The van der Waals surface area contributed by atoms with Gasteiger partial charge in [0, 0.05) is 18.3 Å². The van der Waals surface area contributed by atoms with Crippen LogP contribution in [0.3, 0.4) is 0 Å². The minimum Gasteiger partial charge on any atom is -0.399 e. The summed E-state index contributed by atoms with van der Waals surface area (Å²) in [6.07, 6.45) is 0. The highest BCUT2D eigenvalue weighted by Crippen LogP contribution is 2.34. The largest absolute Gasteiger partial charge is 0.399 e. The SMILES string of the molecule is CC1COCCN1S(=O)(=O)c1c(Cl)cc(N)cc1Cl. The molecule has 1 atom stereocenters. The zero-order valence-corrected chi connectivity index (χ0v) is 12.6. The minimum absolute atomic E-state index is 0.0312. The first-order chi connectivity index (χ1) is 8.84. The number of benzene rings is 1. The van der Waals surface area contributed by atoms with Gasteiger partial charge in [0.15, 0.2) is 0 Å². The van der Waals surface area contributed by atoms with E-state index in [2.05, 4.69) is 0 Å². The van der Waals surface area contributed by atoms with Crippen molar-refractivity contribution < 1.29 is 13.2 Å². The quantitative estimate of drug-likeness (QED) is 0.844. The van der Waals surface area contributed by atoms with Gasteiger partial charge in [0.1, 0.15) is 4.90 Å². The lowest BCUT2D eigenvalue weighted by molar-refractivity contribution is 0.0393. The maximum absolute atomic E-state index is 12.6. The number of nitrogens with two attached hydrogens (primary N) is 1. The van der Waals surface area contributed by atoms with Gasteiger partial charge in [0.05, 0.1) is 23.3 Å². The van der Waals surface area contributed by atoms with Crippen LogP contribution in [-0.4, -0.2) is 38.5 Å². The third-order valence-electron chi connectivity index (χ3n) is 2.89. The van der Waals surface area contributed by atoms with Crippen LogP contribution in [0.1, 0.15) is 6.92 Å². The average molecular weight is 325 g/mol. The summed E-state index contributed by atoms with van der Waals surface area (Å²) >= 11 is 12.0. The number of morpholine rings is 1. The number of anilines is 1. The van der Waals surface area contributed by atoms with Crippen molar-refractivity contribution in [2.45, 2.75) is 17.9 Å². The molecule has 1 saturated heterocycles. The fourth-order valence-electron chi connectivity index (χ4n) is 2.01. The smallest absolute Gasteiger partial charge is 0.246 e. The number of sulfonamides is 1. The zero-order valence-electron chi connectivity index (χ0n) is 10.3. The van der Waals surface area contributed by atoms with Crippen LogP contribution in [0.15, 0.2) is 17.0 Å². The second-order valence-electron chi connectivity index (χ2n) is 4.35. The highest BCUT2D eigenvalue weighted by molar-refractivity contribution is 7.89. The van der Waals surface area contributed by atoms with Gasteiger partial charge in [0.2, 0.25) is 10.0 Å². The van der Waals surface area contributed by atoms with E-state index >= 15 is 0 Å². The summed E-state index contributed by atoms with van der Waals surface area (Å²) in [5.74, 6) is 0. The normalized spacial score (nSPS) is 21.5. The molecule has 0 bridgehead atoms. The number of nitrogen functional groups attached to an aromatic ring is 1. The fourth-order valence-corrected chi connectivity index (χ4v) is 4.80. The molecule has 2 rings (SSSR count). The van der Waals surface area contributed by atoms with Crippen LogP contribution in [0.5, 0.6) is 0 Å². The number of hydrogen-bond donors (Lipinski definition) is 1. The molecule has 2 N–H and O–H groups in total. The summed E-state index contributed by atoms with van der Waals surface area (Å²) in [4.78, 5) is -0.0983. The highest BCUT2D eigenvalue weighted by atomic mass is 35.5. The van der Waals surface area contributed by atoms with E-state index in [9.17, 15) is 8.42 Å². The molecule has 1 heterocycles. The molecule has 0 radical (unpaired) electrons. The minimum atomic E-state index is -3.76. The maximum atomic E-state index is 12.6. The van der Waals surface area contributed by atoms with E-state index in [1.807, 2.05) is 0 Å². The Bertz CT molecular complexity index is 569. The van der Waals surface area contributed by atoms with Gasteiger partial charge >= 0.3 is 0 Å². The first-order valence-electron chi connectivity index (χ1n) is 5.68. The number of halogens is 2. The highest BCUT2D eigenvalue weighted by Gasteiger charge is 2.34. The van der Waals surface area contributed by atoms with Crippen molar-refractivity contribution in [3.05, 3.63) is 22.2 Å². The Kier molecular flexibility index (Phi) is 4.27. The standard InChI is InChI=1S/C11H14Cl2N2O3S/c1-7-6-18-3-2-15(7)19(16,17)11-9(12)4-8(14)5-10(11)13/h4-5,7H,2-3,6,14H2,1H3. The molecule has 0 aliphatic carbocycles. The first-order valence-corrected chi connectivity index (χ1v) is 7.87. The van der Waals surface area contributed by atoms with Crippen LogP contribution in [0.25, 0.3) is 0 Å². The van der Waals surface area contributed by atoms with Crippen molar-refractivity contribution in [2.24, 2.45) is 0 Å². The molecule has 19 heavy (non-hydrogen) atoms. The molecule has 106 valence electrons. The van der Waals surface area contributed by atoms with Crippen LogP contribution in [-0.2, 0) is 14.8 Å². The van der Waals surface area contributed by atoms with Gasteiger partial charge in [-0.3, -0.25) is 0 Å². The van der Waals surface area contributed by atoms with Crippen LogP contribution in [0.4, 0.5) is 5.69 Å². The molecule has 1 aliphatic heterocycles. The molecule has 5 nitrogen and oxygen atoms in total. The summed E-state index contributed by atoms with van der Waals surface area (Å²) in [5.41, 5.74) is 5.90. The van der Waals surface area contributed by atoms with Crippen molar-refractivity contribution in [1.82, 2.24) is 4.31 Å². The van der Waals surface area contributed by atoms with E-state index in [1.54, 1.807) is 6.92 Å². The summed E-state index contributed by atoms with van der Waals surface area (Å²) in [5, 5.41) is 0.0624. The van der Waals surface area contributed by atoms with Gasteiger partial charge in [-0.05, 0) is 19.1 Å². The molecule has 0 amide bonds. The van der Waals surface area contributed by atoms with E-state index in [-0.39, 0.29) is 27.5 Å². The molecule has 1 unspecified atom stereocenters. The van der Waals surface area contributed by atoms with E-state index in [4.69, 9.17) is 33.7 Å². The second-order valence-corrected chi connectivity index (χ2v) is 7.00. The molecular weight excluding hydrogens is 311 g/mol. The van der Waals surface area contributed by atoms with Crippen molar-refractivity contribution in [3.8, 4) is 0 Å². The molecule has 1 aliphatic rings. The van der Waals surface area contributed by atoms with Gasteiger partial charge in [0.25, 0.3) is 0 Å². The van der Waals surface area contributed by atoms with Gasteiger partial charge in [-0.25, -0.2) is 8.42 Å². The fraction of sp³-hybridized carbons (Fsp3) is 0.455. The second kappa shape index (κ2) is 5.46. The van der Waals surface area contributed by atoms with Crippen LogP contribution < -0.4 is 5.73 Å². The Morgan fingerprint density at radius 3 is 2.47 bits per heavy atom. The molecular formula is C11H14Cl2N2O3S. The lowest BCUT2D eigenvalue weighted by atomic mass is 10.3. The van der Waals surface area contributed by atoms with Crippen LogP contribution in [0.2, 0.25) is 10.0 Å². The predicted octanol–water partition coefficient (Wildman–Crippen LogP) is 1.99. The Hall–Kier alpha value is -0.530. The summed E-state index contributed by atoms with van der Waals surface area (Å²) in [6.45, 7) is 2.76. The number of hydrogen-bond acceptors (Lipinski definition) is 4. The van der Waals surface area contributed by atoms with Crippen molar-refractivity contribution in [1.29, 1.82) is 0 Å². The Labute approximate surface area is 122 Å². The topological polar surface area (TPSA) is 72.6 Å². The number of rotatable bonds is 2. The molecule has 1 aromatic rings. The third-order valence-corrected chi connectivity index (χ3v) is 5.83. The maximum Gasteiger partial charge on any atom is 0.246 e. The summed E-state index contributed by atoms with van der Waals surface area (Å²) in [7, 11) is -3.76. The van der Waals surface area contributed by atoms with Gasteiger partial charge in [-0.1, -0.05) is 23.2 Å². The molecule has 8 heteroatoms. The Balaban J connectivity index is 2.50. The van der Waals surface area contributed by atoms with Crippen LogP contribution >= 0.6 is 23.2 Å². The van der Waals surface area contributed by atoms with Crippen molar-refractivity contribution in [2.75, 3.05) is 25.5 Å². The summed E-state index contributed by atoms with van der Waals surface area (Å²) in [6, 6.07) is 2.50. The van der Waals surface area contributed by atoms with E-state index < -0.39 is 10.0 Å². The molecule has 1 aromatic carbocycles. The monoisotopic (exact) mass is 324 g/mol. The average Bonchev–Trinajstić information content (AvgIpc) is 2.27. The lowest BCUT2D eigenvalue weighted by Gasteiger charge is -2.32. The molecule has 1 fully saturated rings.